The second-order valence-electron chi connectivity index (χ2n) is 4.22. The molecule has 1 atom stereocenters. The fourth-order valence-electron chi connectivity index (χ4n) is 1.58. The van der Waals surface area contributed by atoms with E-state index in [4.69, 9.17) is 9.84 Å². The van der Waals surface area contributed by atoms with Gasteiger partial charge >= 0.3 is 0 Å². The molecule has 0 fully saturated rings. The van der Waals surface area contributed by atoms with E-state index in [9.17, 15) is 5.11 Å². The summed E-state index contributed by atoms with van der Waals surface area (Å²) in [6, 6.07) is 7.72. The first kappa shape index (κ1) is 14.0. The van der Waals surface area contributed by atoms with Gasteiger partial charge in [-0.15, -0.1) is 0 Å². The van der Waals surface area contributed by atoms with Crippen molar-refractivity contribution in [1.29, 1.82) is 0 Å². The topological polar surface area (TPSA) is 52.9 Å². The monoisotopic (exact) mass is 239 g/mol. The number of hydrogen-bond acceptors (Lipinski definition) is 4. The molecule has 0 bridgehead atoms. The SMILES string of the molecule is Cc1ccccc1OCC(O)CN(C)CCO. The molecule has 0 aliphatic rings. The Morgan fingerprint density at radius 3 is 2.71 bits per heavy atom. The molecule has 1 aromatic carbocycles. The number of aryl methyl sites for hydroxylation is 1. The standard InChI is InChI=1S/C13H21NO3/c1-11-5-3-4-6-13(11)17-10-12(16)9-14(2)7-8-15/h3-6,12,15-16H,7-10H2,1-2H3. The van der Waals surface area contributed by atoms with Gasteiger partial charge in [-0.05, 0) is 25.6 Å². The highest BCUT2D eigenvalue weighted by atomic mass is 16.5. The molecule has 1 unspecified atom stereocenters. The van der Waals surface area contributed by atoms with Crippen LogP contribution in [-0.4, -0.2) is 54.6 Å². The van der Waals surface area contributed by atoms with E-state index < -0.39 is 6.10 Å². The fraction of sp³-hybridized carbons (Fsp3) is 0.538. The number of rotatable bonds is 7. The van der Waals surface area contributed by atoms with Gasteiger partial charge in [-0.25, -0.2) is 0 Å². The molecule has 4 heteroatoms. The lowest BCUT2D eigenvalue weighted by atomic mass is 10.2. The number of likely N-dealkylation sites (N-methyl/N-ethyl adjacent to an activating group) is 1. The van der Waals surface area contributed by atoms with Crippen molar-refractivity contribution in [2.45, 2.75) is 13.0 Å². The lowest BCUT2D eigenvalue weighted by Crippen LogP contribution is -2.34. The van der Waals surface area contributed by atoms with Gasteiger partial charge in [0.05, 0.1) is 6.61 Å². The van der Waals surface area contributed by atoms with Crippen molar-refractivity contribution in [3.63, 3.8) is 0 Å². The Kier molecular flexibility index (Phi) is 5.97. The number of aliphatic hydroxyl groups is 2. The molecule has 0 aliphatic heterocycles. The lowest BCUT2D eigenvalue weighted by Gasteiger charge is -2.20. The summed E-state index contributed by atoms with van der Waals surface area (Å²) in [5.41, 5.74) is 1.06. The zero-order valence-electron chi connectivity index (χ0n) is 10.5. The maximum Gasteiger partial charge on any atom is 0.122 e. The van der Waals surface area contributed by atoms with Gasteiger partial charge in [-0.1, -0.05) is 18.2 Å². The van der Waals surface area contributed by atoms with Crippen LogP contribution in [0, 0.1) is 6.92 Å². The van der Waals surface area contributed by atoms with Crippen LogP contribution in [0.15, 0.2) is 24.3 Å². The molecular formula is C13H21NO3. The van der Waals surface area contributed by atoms with E-state index >= 15 is 0 Å². The summed E-state index contributed by atoms with van der Waals surface area (Å²) in [7, 11) is 1.85. The molecule has 1 rings (SSSR count). The van der Waals surface area contributed by atoms with Crippen LogP contribution in [0.3, 0.4) is 0 Å². The van der Waals surface area contributed by atoms with Crippen molar-refractivity contribution in [3.05, 3.63) is 29.8 Å². The zero-order chi connectivity index (χ0) is 12.7. The van der Waals surface area contributed by atoms with Crippen LogP contribution in [0.1, 0.15) is 5.56 Å². The third-order valence-electron chi connectivity index (χ3n) is 2.53. The van der Waals surface area contributed by atoms with E-state index in [-0.39, 0.29) is 13.2 Å². The van der Waals surface area contributed by atoms with Gasteiger partial charge in [0.1, 0.15) is 18.5 Å². The largest absolute Gasteiger partial charge is 0.491 e. The molecular weight excluding hydrogens is 218 g/mol. The summed E-state index contributed by atoms with van der Waals surface area (Å²) in [6.45, 7) is 3.38. The molecule has 0 saturated carbocycles. The second kappa shape index (κ2) is 7.27. The van der Waals surface area contributed by atoms with Crippen molar-refractivity contribution >= 4 is 0 Å². The van der Waals surface area contributed by atoms with Crippen LogP contribution < -0.4 is 4.74 Å². The Morgan fingerprint density at radius 2 is 2.06 bits per heavy atom. The van der Waals surface area contributed by atoms with Crippen LogP contribution >= 0.6 is 0 Å². The highest BCUT2D eigenvalue weighted by Gasteiger charge is 2.09. The highest BCUT2D eigenvalue weighted by molar-refractivity contribution is 5.31. The summed E-state index contributed by atoms with van der Waals surface area (Å²) in [4.78, 5) is 1.87. The summed E-state index contributed by atoms with van der Waals surface area (Å²) in [5.74, 6) is 0.802. The fourth-order valence-corrected chi connectivity index (χ4v) is 1.58. The minimum atomic E-state index is -0.550. The van der Waals surface area contributed by atoms with E-state index in [1.807, 2.05) is 43.1 Å². The molecule has 0 amide bonds. The van der Waals surface area contributed by atoms with Crippen LogP contribution in [-0.2, 0) is 0 Å². The Balaban J connectivity index is 2.33. The molecule has 0 radical (unpaired) electrons. The third-order valence-corrected chi connectivity index (χ3v) is 2.53. The number of para-hydroxylation sites is 1. The first-order chi connectivity index (χ1) is 8.13. The van der Waals surface area contributed by atoms with Gasteiger partial charge in [0.2, 0.25) is 0 Å². The third kappa shape index (κ3) is 5.17. The predicted molar refractivity (Wildman–Crippen MR) is 67.3 cm³/mol. The summed E-state index contributed by atoms with van der Waals surface area (Å²) in [6.07, 6.45) is -0.550. The quantitative estimate of drug-likeness (QED) is 0.734. The first-order valence-corrected chi connectivity index (χ1v) is 5.79. The van der Waals surface area contributed by atoms with Crippen LogP contribution in [0.5, 0.6) is 5.75 Å². The van der Waals surface area contributed by atoms with Crippen molar-refractivity contribution in [2.24, 2.45) is 0 Å². The summed E-state index contributed by atoms with van der Waals surface area (Å²) < 4.78 is 5.54. The highest BCUT2D eigenvalue weighted by Crippen LogP contribution is 2.16. The normalized spacial score (nSPS) is 12.8. The molecule has 17 heavy (non-hydrogen) atoms. The molecule has 0 heterocycles. The first-order valence-electron chi connectivity index (χ1n) is 5.79. The maximum absolute atomic E-state index is 9.75. The minimum Gasteiger partial charge on any atom is -0.491 e. The summed E-state index contributed by atoms with van der Waals surface area (Å²) in [5, 5.41) is 18.5. The number of nitrogens with zero attached hydrogens (tertiary/aromatic N) is 1. The van der Waals surface area contributed by atoms with E-state index in [0.717, 1.165) is 11.3 Å². The van der Waals surface area contributed by atoms with E-state index in [1.165, 1.54) is 0 Å². The predicted octanol–water partition coefficient (Wildman–Crippen LogP) is 0.659. The molecule has 96 valence electrons. The minimum absolute atomic E-state index is 0.0991. The second-order valence-corrected chi connectivity index (χ2v) is 4.22. The van der Waals surface area contributed by atoms with Crippen LogP contribution in [0.4, 0.5) is 0 Å². The van der Waals surface area contributed by atoms with Crippen molar-refractivity contribution in [1.82, 2.24) is 4.90 Å². The average Bonchev–Trinajstić information content (AvgIpc) is 2.28. The lowest BCUT2D eigenvalue weighted by molar-refractivity contribution is 0.0708. The van der Waals surface area contributed by atoms with Crippen LogP contribution in [0.2, 0.25) is 0 Å². The van der Waals surface area contributed by atoms with Gasteiger partial charge in [-0.2, -0.15) is 0 Å². The van der Waals surface area contributed by atoms with Crippen molar-refractivity contribution in [2.75, 3.05) is 33.4 Å². The van der Waals surface area contributed by atoms with E-state index in [0.29, 0.717) is 13.1 Å². The molecule has 0 saturated heterocycles. The zero-order valence-corrected chi connectivity index (χ0v) is 10.5. The number of ether oxygens (including phenoxy) is 1. The molecule has 2 N–H and O–H groups in total. The van der Waals surface area contributed by atoms with Gasteiger partial charge in [-0.3, -0.25) is 0 Å². The average molecular weight is 239 g/mol. The molecule has 1 aromatic rings. The number of aliphatic hydroxyl groups excluding tert-OH is 2. The van der Waals surface area contributed by atoms with Crippen LogP contribution in [0.25, 0.3) is 0 Å². The van der Waals surface area contributed by atoms with E-state index in [1.54, 1.807) is 0 Å². The number of hydrogen-bond donors (Lipinski definition) is 2. The van der Waals surface area contributed by atoms with Crippen molar-refractivity contribution < 1.29 is 14.9 Å². The van der Waals surface area contributed by atoms with Gasteiger partial charge < -0.3 is 19.8 Å². The van der Waals surface area contributed by atoms with E-state index in [2.05, 4.69) is 0 Å². The Morgan fingerprint density at radius 1 is 1.35 bits per heavy atom. The Hall–Kier alpha value is -1.10. The molecule has 0 spiro atoms. The van der Waals surface area contributed by atoms with Gasteiger partial charge in [0, 0.05) is 13.1 Å². The Bertz CT molecular complexity index is 330. The Labute approximate surface area is 102 Å². The molecule has 0 aromatic heterocycles. The smallest absolute Gasteiger partial charge is 0.122 e. The molecule has 0 aliphatic carbocycles. The van der Waals surface area contributed by atoms with Crippen molar-refractivity contribution in [3.8, 4) is 5.75 Å². The van der Waals surface area contributed by atoms with Gasteiger partial charge in [0.15, 0.2) is 0 Å². The van der Waals surface area contributed by atoms with Gasteiger partial charge in [0.25, 0.3) is 0 Å². The summed E-state index contributed by atoms with van der Waals surface area (Å²) >= 11 is 0. The number of benzene rings is 1. The maximum atomic E-state index is 9.75. The molecule has 4 nitrogen and oxygen atoms in total.